The van der Waals surface area contributed by atoms with E-state index in [9.17, 15) is 14.9 Å². The zero-order valence-electron chi connectivity index (χ0n) is 12.7. The molecule has 0 bridgehead atoms. The highest BCUT2D eigenvalue weighted by Crippen LogP contribution is 2.31. The lowest BCUT2D eigenvalue weighted by Gasteiger charge is -2.14. The van der Waals surface area contributed by atoms with E-state index < -0.39 is 16.9 Å². The van der Waals surface area contributed by atoms with E-state index in [0.717, 1.165) is 0 Å². The largest absolute Gasteiger partial charge is 0.496 e. The third-order valence-corrected chi connectivity index (χ3v) is 2.92. The molecule has 2 aromatic rings. The van der Waals surface area contributed by atoms with Gasteiger partial charge in [0.15, 0.2) is 17.7 Å². The summed E-state index contributed by atoms with van der Waals surface area (Å²) >= 11 is 0. The Labute approximate surface area is 131 Å². The quantitative estimate of drug-likeness (QED) is 0.640. The molecule has 0 saturated carbocycles. The summed E-state index contributed by atoms with van der Waals surface area (Å²) in [5.41, 5.74) is -0.290. The van der Waals surface area contributed by atoms with Crippen LogP contribution in [0.25, 0.3) is 0 Å². The summed E-state index contributed by atoms with van der Waals surface area (Å²) in [5, 5.41) is 17.2. The second-order valence-electron chi connectivity index (χ2n) is 4.66. The fourth-order valence-corrected chi connectivity index (χ4v) is 1.76. The second-order valence-corrected chi connectivity index (χ2v) is 4.66. The first-order chi connectivity index (χ1) is 10.9. The van der Waals surface area contributed by atoms with Gasteiger partial charge in [0, 0.05) is 6.07 Å². The molecule has 0 saturated heterocycles. The van der Waals surface area contributed by atoms with E-state index in [1.165, 1.54) is 32.2 Å². The lowest BCUT2D eigenvalue weighted by molar-refractivity contribution is -0.386. The van der Waals surface area contributed by atoms with Gasteiger partial charge in [-0.15, -0.1) is 0 Å². The Hall–Kier alpha value is -3.10. The van der Waals surface area contributed by atoms with Gasteiger partial charge < -0.3 is 19.3 Å². The molecule has 9 nitrogen and oxygen atoms in total. The average Bonchev–Trinajstić information content (AvgIpc) is 2.92. The average molecular weight is 321 g/mol. The Bertz CT molecular complexity index is 727. The number of methoxy groups -OCH3 is 1. The molecule has 0 aliphatic heterocycles. The van der Waals surface area contributed by atoms with Gasteiger partial charge in [-0.05, 0) is 26.0 Å². The predicted molar refractivity (Wildman–Crippen MR) is 79.6 cm³/mol. The summed E-state index contributed by atoms with van der Waals surface area (Å²) in [5.74, 6) is 0.560. The van der Waals surface area contributed by atoms with Gasteiger partial charge in [0.05, 0.1) is 18.1 Å². The lowest BCUT2D eigenvalue weighted by atomic mass is 10.2. The van der Waals surface area contributed by atoms with Crippen LogP contribution < -0.4 is 14.8 Å². The van der Waals surface area contributed by atoms with Gasteiger partial charge in [-0.3, -0.25) is 14.9 Å². The van der Waals surface area contributed by atoms with Gasteiger partial charge in [0.2, 0.25) is 0 Å². The molecule has 9 heteroatoms. The zero-order chi connectivity index (χ0) is 17.0. The molecule has 1 heterocycles. The number of aryl methyl sites for hydroxylation is 1. The summed E-state index contributed by atoms with van der Waals surface area (Å²) in [7, 11) is 1.40. The molecule has 1 aromatic heterocycles. The van der Waals surface area contributed by atoms with Crippen molar-refractivity contribution in [3.8, 4) is 11.5 Å². The normalized spacial score (nSPS) is 11.6. The first-order valence-corrected chi connectivity index (χ1v) is 6.64. The lowest BCUT2D eigenvalue weighted by Crippen LogP contribution is -2.30. The van der Waals surface area contributed by atoms with Crippen molar-refractivity contribution in [1.82, 2.24) is 5.16 Å². The summed E-state index contributed by atoms with van der Waals surface area (Å²) in [6, 6.07) is 5.65. The van der Waals surface area contributed by atoms with Crippen LogP contribution in [-0.4, -0.2) is 29.2 Å². The van der Waals surface area contributed by atoms with Crippen molar-refractivity contribution in [1.29, 1.82) is 0 Å². The number of anilines is 1. The van der Waals surface area contributed by atoms with E-state index in [0.29, 0.717) is 11.5 Å². The number of nitrogens with one attached hydrogen (secondary N) is 1. The minimum absolute atomic E-state index is 0.0326. The van der Waals surface area contributed by atoms with Gasteiger partial charge in [-0.1, -0.05) is 5.16 Å². The Morgan fingerprint density at radius 2 is 2.17 bits per heavy atom. The van der Waals surface area contributed by atoms with Crippen LogP contribution in [0, 0.1) is 17.0 Å². The van der Waals surface area contributed by atoms with Crippen LogP contribution in [0.5, 0.6) is 11.5 Å². The van der Waals surface area contributed by atoms with Crippen LogP contribution in [0.3, 0.4) is 0 Å². The Balaban J connectivity index is 2.11. The molecule has 0 aliphatic carbocycles. The van der Waals surface area contributed by atoms with Crippen LogP contribution in [0.4, 0.5) is 11.5 Å². The fraction of sp³-hybridized carbons (Fsp3) is 0.286. The molecule has 0 unspecified atom stereocenters. The summed E-state index contributed by atoms with van der Waals surface area (Å²) in [4.78, 5) is 22.5. The minimum atomic E-state index is -0.973. The Morgan fingerprint density at radius 3 is 2.74 bits per heavy atom. The fourth-order valence-electron chi connectivity index (χ4n) is 1.76. The summed E-state index contributed by atoms with van der Waals surface area (Å²) < 4.78 is 15.1. The smallest absolute Gasteiger partial charge is 0.314 e. The first-order valence-electron chi connectivity index (χ1n) is 6.64. The minimum Gasteiger partial charge on any atom is -0.496 e. The van der Waals surface area contributed by atoms with E-state index in [1.807, 2.05) is 0 Å². The molecule has 2 rings (SSSR count). The van der Waals surface area contributed by atoms with Crippen molar-refractivity contribution in [2.45, 2.75) is 20.0 Å². The number of aromatic nitrogens is 1. The number of hydrogen-bond acceptors (Lipinski definition) is 7. The van der Waals surface area contributed by atoms with E-state index in [4.69, 9.17) is 14.0 Å². The van der Waals surface area contributed by atoms with Crippen molar-refractivity contribution in [2.75, 3.05) is 12.4 Å². The third kappa shape index (κ3) is 3.96. The molecular weight excluding hydrogens is 306 g/mol. The number of carbonyl (C=O) groups is 1. The molecule has 0 aliphatic rings. The number of rotatable bonds is 6. The molecule has 1 amide bonds. The van der Waals surface area contributed by atoms with Crippen LogP contribution in [0.15, 0.2) is 28.8 Å². The third-order valence-electron chi connectivity index (χ3n) is 2.92. The van der Waals surface area contributed by atoms with Gasteiger partial charge in [0.1, 0.15) is 11.5 Å². The molecular formula is C14H15N3O6. The van der Waals surface area contributed by atoms with Gasteiger partial charge in [-0.2, -0.15) is 0 Å². The molecule has 1 N–H and O–H groups in total. The molecule has 122 valence electrons. The molecule has 0 radical (unpaired) electrons. The van der Waals surface area contributed by atoms with Gasteiger partial charge in [-0.25, -0.2) is 0 Å². The van der Waals surface area contributed by atoms with Crippen molar-refractivity contribution in [3.05, 3.63) is 40.1 Å². The standard InChI is InChI=1S/C14H15N3O6/c1-8-6-13(16-23-8)15-14(18)9(2)22-12-5-4-10(21-3)7-11(12)17(19)20/h4-7,9H,1-3H3,(H,15,16,18)/t9-/m0/s1. The Kier molecular flexibility index (Phi) is 4.79. The van der Waals surface area contributed by atoms with E-state index in [-0.39, 0.29) is 17.3 Å². The molecule has 1 aromatic carbocycles. The number of hydrogen-bond donors (Lipinski definition) is 1. The number of nitro groups is 1. The number of amides is 1. The van der Waals surface area contributed by atoms with Crippen LogP contribution in [-0.2, 0) is 4.79 Å². The predicted octanol–water partition coefficient (Wildman–Crippen LogP) is 2.31. The van der Waals surface area contributed by atoms with Gasteiger partial charge in [0.25, 0.3) is 5.91 Å². The van der Waals surface area contributed by atoms with Crippen molar-refractivity contribution >= 4 is 17.4 Å². The molecule has 1 atom stereocenters. The van der Waals surface area contributed by atoms with E-state index in [2.05, 4.69) is 10.5 Å². The van der Waals surface area contributed by atoms with Crippen LogP contribution in [0.2, 0.25) is 0 Å². The number of benzene rings is 1. The molecule has 0 spiro atoms. The number of ether oxygens (including phenoxy) is 2. The zero-order valence-corrected chi connectivity index (χ0v) is 12.7. The van der Waals surface area contributed by atoms with Crippen molar-refractivity contribution in [2.24, 2.45) is 0 Å². The van der Waals surface area contributed by atoms with Crippen LogP contribution in [0.1, 0.15) is 12.7 Å². The summed E-state index contributed by atoms with van der Waals surface area (Å²) in [6.07, 6.45) is -0.973. The second kappa shape index (κ2) is 6.77. The maximum atomic E-state index is 12.0. The van der Waals surface area contributed by atoms with Crippen LogP contribution >= 0.6 is 0 Å². The first kappa shape index (κ1) is 16.3. The van der Waals surface area contributed by atoms with E-state index >= 15 is 0 Å². The van der Waals surface area contributed by atoms with Crippen molar-refractivity contribution < 1.29 is 23.7 Å². The number of nitro benzene ring substituents is 1. The number of nitrogens with zero attached hydrogens (tertiary/aromatic N) is 2. The molecule has 0 fully saturated rings. The number of carbonyl (C=O) groups excluding carboxylic acids is 1. The van der Waals surface area contributed by atoms with Crippen molar-refractivity contribution in [3.63, 3.8) is 0 Å². The topological polar surface area (TPSA) is 117 Å². The maximum absolute atomic E-state index is 12.0. The maximum Gasteiger partial charge on any atom is 0.314 e. The van der Waals surface area contributed by atoms with E-state index in [1.54, 1.807) is 13.0 Å². The summed E-state index contributed by atoms with van der Waals surface area (Å²) in [6.45, 7) is 3.15. The highest BCUT2D eigenvalue weighted by molar-refractivity contribution is 5.93. The van der Waals surface area contributed by atoms with Gasteiger partial charge >= 0.3 is 5.69 Å². The highest BCUT2D eigenvalue weighted by atomic mass is 16.6. The molecule has 23 heavy (non-hydrogen) atoms. The highest BCUT2D eigenvalue weighted by Gasteiger charge is 2.22. The SMILES string of the molecule is COc1ccc(O[C@@H](C)C(=O)Nc2cc(C)on2)c([N+](=O)[O-])c1. The monoisotopic (exact) mass is 321 g/mol. The Morgan fingerprint density at radius 1 is 1.43 bits per heavy atom.